The van der Waals surface area contributed by atoms with E-state index in [1.54, 1.807) is 6.20 Å². The van der Waals surface area contributed by atoms with Gasteiger partial charge in [0.05, 0.1) is 22.8 Å². The Hall–Kier alpha value is -5.65. The number of carbonyl (C=O) groups excluding carboxylic acids is 2. The number of fused-ring (bicyclic) bond motifs is 1. The van der Waals surface area contributed by atoms with E-state index in [0.717, 1.165) is 78.9 Å². The summed E-state index contributed by atoms with van der Waals surface area (Å²) in [5.74, 6) is 1.02. The maximum absolute atomic E-state index is 12.8. The van der Waals surface area contributed by atoms with Gasteiger partial charge in [-0.15, -0.1) is 0 Å². The van der Waals surface area contributed by atoms with E-state index in [1.807, 2.05) is 66.6 Å². The zero-order valence-electron chi connectivity index (χ0n) is 30.7. The standard InChI is InChI=1S/C41H46N8O4/c1-26-25-52-39(51)48(26)30-17-22-47(23-18-30)31-9-5-8-27(24-31)33-15-16-34-37(44-33)49(36(45-34)32-10-6-21-43-35(32)42)29-13-11-28(12-14-29)41(19-7-20-41)46-38(50)53-40(2,3)4/h5-6,8-16,21,24,26,30H,7,17-20,22-23,25H2,1-4H3,(H2,42,43)(H,46,50). The van der Waals surface area contributed by atoms with E-state index in [0.29, 0.717) is 29.5 Å². The average molecular weight is 715 g/mol. The lowest BCUT2D eigenvalue weighted by molar-refractivity contribution is 0.0377. The number of carbonyl (C=O) groups is 2. The van der Waals surface area contributed by atoms with Crippen LogP contribution in [0.4, 0.5) is 21.1 Å². The predicted molar refractivity (Wildman–Crippen MR) is 205 cm³/mol. The van der Waals surface area contributed by atoms with Gasteiger partial charge in [0.1, 0.15) is 23.5 Å². The highest BCUT2D eigenvalue weighted by molar-refractivity contribution is 5.85. The van der Waals surface area contributed by atoms with E-state index in [1.165, 1.54) is 0 Å². The summed E-state index contributed by atoms with van der Waals surface area (Å²) in [6.45, 7) is 9.83. The Labute approximate surface area is 309 Å². The van der Waals surface area contributed by atoms with Gasteiger partial charge >= 0.3 is 12.2 Å². The number of nitrogen functional groups attached to an aromatic ring is 1. The van der Waals surface area contributed by atoms with E-state index in [2.05, 4.69) is 58.5 Å². The first-order chi connectivity index (χ1) is 25.5. The van der Waals surface area contributed by atoms with Gasteiger partial charge in [0, 0.05) is 42.3 Å². The Morgan fingerprint density at radius 2 is 1.75 bits per heavy atom. The number of anilines is 2. The first kappa shape index (κ1) is 34.4. The summed E-state index contributed by atoms with van der Waals surface area (Å²) in [5, 5.41) is 3.16. The lowest BCUT2D eigenvalue weighted by Gasteiger charge is -2.43. The predicted octanol–water partition coefficient (Wildman–Crippen LogP) is 7.45. The van der Waals surface area contributed by atoms with Crippen LogP contribution in [0.15, 0.2) is 79.0 Å². The van der Waals surface area contributed by atoms with Crippen LogP contribution in [-0.4, -0.2) is 74.0 Å². The van der Waals surface area contributed by atoms with Crippen molar-refractivity contribution in [1.29, 1.82) is 0 Å². The molecule has 1 aliphatic carbocycles. The Kier molecular flexibility index (Phi) is 8.71. The molecule has 2 aliphatic heterocycles. The second-order valence-corrected chi connectivity index (χ2v) is 15.5. The summed E-state index contributed by atoms with van der Waals surface area (Å²) < 4.78 is 12.9. The molecule has 5 aromatic rings. The van der Waals surface area contributed by atoms with E-state index >= 15 is 0 Å². The molecule has 53 heavy (non-hydrogen) atoms. The molecule has 1 atom stereocenters. The van der Waals surface area contributed by atoms with Crippen LogP contribution in [0, 0.1) is 0 Å². The summed E-state index contributed by atoms with van der Waals surface area (Å²) in [5.41, 5.74) is 12.3. The molecule has 1 saturated carbocycles. The van der Waals surface area contributed by atoms with Crippen molar-refractivity contribution in [3.63, 3.8) is 0 Å². The zero-order valence-corrected chi connectivity index (χ0v) is 30.7. The SMILES string of the molecule is CC1COC(=O)N1C1CCN(c2cccc(-c3ccc4nc(-c5cccnc5N)n(-c5ccc(C6(NC(=O)OC(C)(C)C)CCC6)cc5)c4n3)c2)CC1. The number of rotatable bonds is 7. The van der Waals surface area contributed by atoms with Crippen molar-refractivity contribution in [3.8, 4) is 28.3 Å². The van der Waals surface area contributed by atoms with E-state index in [-0.39, 0.29) is 18.2 Å². The molecule has 12 heteroatoms. The van der Waals surface area contributed by atoms with Crippen molar-refractivity contribution in [1.82, 2.24) is 29.7 Å². The van der Waals surface area contributed by atoms with Gasteiger partial charge in [0.2, 0.25) is 0 Å². The number of aromatic nitrogens is 4. The molecule has 0 spiro atoms. The van der Waals surface area contributed by atoms with Crippen LogP contribution >= 0.6 is 0 Å². The first-order valence-corrected chi connectivity index (χ1v) is 18.5. The fourth-order valence-electron chi connectivity index (χ4n) is 7.89. The van der Waals surface area contributed by atoms with Gasteiger partial charge in [-0.25, -0.2) is 24.5 Å². The third kappa shape index (κ3) is 6.62. The maximum atomic E-state index is 12.8. The maximum Gasteiger partial charge on any atom is 0.410 e. The number of benzene rings is 2. The smallest absolute Gasteiger partial charge is 0.410 e. The normalized spacial score (nSPS) is 18.9. The lowest BCUT2D eigenvalue weighted by atomic mass is 9.72. The molecule has 8 rings (SSSR count). The molecule has 3 N–H and O–H groups in total. The van der Waals surface area contributed by atoms with Crippen molar-refractivity contribution >= 4 is 34.9 Å². The second-order valence-electron chi connectivity index (χ2n) is 15.5. The molecule has 0 bridgehead atoms. The van der Waals surface area contributed by atoms with Crippen LogP contribution in [-0.2, 0) is 15.0 Å². The van der Waals surface area contributed by atoms with Crippen LogP contribution in [0.1, 0.15) is 65.4 Å². The third-order valence-electron chi connectivity index (χ3n) is 10.7. The number of piperidine rings is 1. The molecule has 12 nitrogen and oxygen atoms in total. The molecule has 2 saturated heterocycles. The number of nitrogens with zero attached hydrogens (tertiary/aromatic N) is 6. The minimum Gasteiger partial charge on any atom is -0.447 e. The molecule has 3 fully saturated rings. The van der Waals surface area contributed by atoms with Crippen molar-refractivity contribution in [2.45, 2.75) is 83.0 Å². The molecule has 0 radical (unpaired) electrons. The molecule has 5 heterocycles. The van der Waals surface area contributed by atoms with E-state index in [9.17, 15) is 9.59 Å². The van der Waals surface area contributed by atoms with Crippen molar-refractivity contribution < 1.29 is 19.1 Å². The van der Waals surface area contributed by atoms with Gasteiger partial charge in [-0.05, 0) is 114 Å². The monoisotopic (exact) mass is 714 g/mol. The molecule has 2 amide bonds. The number of ether oxygens (including phenoxy) is 2. The van der Waals surface area contributed by atoms with Crippen LogP contribution < -0.4 is 16.0 Å². The Bertz CT molecular complexity index is 2160. The molecule has 1 unspecified atom stereocenters. The van der Waals surface area contributed by atoms with Gasteiger partial charge in [-0.1, -0.05) is 24.3 Å². The van der Waals surface area contributed by atoms with Gasteiger partial charge in [0.15, 0.2) is 11.5 Å². The van der Waals surface area contributed by atoms with Gasteiger partial charge < -0.3 is 25.4 Å². The number of hydrogen-bond donors (Lipinski definition) is 2. The fourth-order valence-corrected chi connectivity index (χ4v) is 7.89. The van der Waals surface area contributed by atoms with Crippen LogP contribution in [0.5, 0.6) is 0 Å². The Balaban J connectivity index is 1.11. The number of hydrogen-bond acceptors (Lipinski definition) is 9. The minimum absolute atomic E-state index is 0.116. The van der Waals surface area contributed by atoms with Gasteiger partial charge in [-0.3, -0.25) is 9.47 Å². The Morgan fingerprint density at radius 3 is 2.42 bits per heavy atom. The third-order valence-corrected chi connectivity index (χ3v) is 10.7. The molecule has 2 aromatic carbocycles. The molecule has 3 aliphatic rings. The summed E-state index contributed by atoms with van der Waals surface area (Å²) in [7, 11) is 0. The average Bonchev–Trinajstić information content (AvgIpc) is 3.67. The number of pyridine rings is 2. The second kappa shape index (κ2) is 13.4. The van der Waals surface area contributed by atoms with Crippen LogP contribution in [0.2, 0.25) is 0 Å². The molecular formula is C41H46N8O4. The van der Waals surface area contributed by atoms with E-state index in [4.69, 9.17) is 25.2 Å². The topological polar surface area (TPSA) is 141 Å². The largest absolute Gasteiger partial charge is 0.447 e. The van der Waals surface area contributed by atoms with Crippen molar-refractivity contribution in [2.75, 3.05) is 30.3 Å². The number of alkyl carbamates (subject to hydrolysis) is 1. The molecular weight excluding hydrogens is 669 g/mol. The quantitative estimate of drug-likeness (QED) is 0.176. The fraction of sp³-hybridized carbons (Fsp3) is 0.390. The molecule has 3 aromatic heterocycles. The highest BCUT2D eigenvalue weighted by Gasteiger charge is 2.41. The highest BCUT2D eigenvalue weighted by Crippen LogP contribution is 2.42. The lowest BCUT2D eigenvalue weighted by Crippen LogP contribution is -2.52. The van der Waals surface area contributed by atoms with Gasteiger partial charge in [-0.2, -0.15) is 0 Å². The van der Waals surface area contributed by atoms with Crippen LogP contribution in [0.3, 0.4) is 0 Å². The number of nitrogens with two attached hydrogens (primary N) is 1. The number of nitrogens with one attached hydrogen (secondary N) is 1. The van der Waals surface area contributed by atoms with E-state index < -0.39 is 17.2 Å². The zero-order chi connectivity index (χ0) is 36.9. The van der Waals surface area contributed by atoms with Crippen molar-refractivity contribution in [2.24, 2.45) is 0 Å². The first-order valence-electron chi connectivity index (χ1n) is 18.5. The summed E-state index contributed by atoms with van der Waals surface area (Å²) in [6, 6.07) is 24.8. The summed E-state index contributed by atoms with van der Waals surface area (Å²) in [4.78, 5) is 44.1. The number of imidazole rings is 1. The minimum atomic E-state index is -0.582. The number of cyclic esters (lactones) is 1. The summed E-state index contributed by atoms with van der Waals surface area (Å²) in [6.07, 6.45) is 5.55. The van der Waals surface area contributed by atoms with Gasteiger partial charge in [0.25, 0.3) is 0 Å². The van der Waals surface area contributed by atoms with Crippen LogP contribution in [0.25, 0.3) is 39.5 Å². The Morgan fingerprint density at radius 1 is 0.981 bits per heavy atom. The van der Waals surface area contributed by atoms with Crippen molar-refractivity contribution in [3.05, 3.63) is 84.6 Å². The molecule has 274 valence electrons. The number of amides is 2. The summed E-state index contributed by atoms with van der Waals surface area (Å²) >= 11 is 0. The highest BCUT2D eigenvalue weighted by atomic mass is 16.6.